The number of rotatable bonds is 6. The van der Waals surface area contributed by atoms with Crippen LogP contribution >= 0.6 is 0 Å². The van der Waals surface area contributed by atoms with Crippen LogP contribution in [0.2, 0.25) is 0 Å². The number of hydrogen-bond donors (Lipinski definition) is 1. The molecule has 202 valence electrons. The number of carbonyl (C=O) groups is 1. The molecule has 4 aromatic rings. The Hall–Kier alpha value is -4.40. The Morgan fingerprint density at radius 2 is 1.95 bits per heavy atom. The number of amides is 1. The highest BCUT2D eigenvalue weighted by Gasteiger charge is 2.29. The highest BCUT2D eigenvalue weighted by molar-refractivity contribution is 5.70. The monoisotopic (exact) mass is 528 g/mol. The van der Waals surface area contributed by atoms with Gasteiger partial charge in [-0.2, -0.15) is 0 Å². The average molecular weight is 529 g/mol. The highest BCUT2D eigenvalue weighted by Crippen LogP contribution is 2.30. The first kappa shape index (κ1) is 26.2. The minimum atomic E-state index is -0.542. The molecule has 2 aromatic heterocycles. The average Bonchev–Trinajstić information content (AvgIpc) is 3.45. The van der Waals surface area contributed by atoms with Gasteiger partial charge in [0.25, 0.3) is 0 Å². The number of ether oxygens (including phenoxy) is 1. The maximum Gasteiger partial charge on any atom is 0.407 e. The number of alkyl carbamates (subject to hydrolysis) is 1. The predicted octanol–water partition coefficient (Wildman–Crippen LogP) is 5.79. The molecule has 1 amide bonds. The van der Waals surface area contributed by atoms with E-state index in [0.717, 1.165) is 39.7 Å². The Bertz CT molecular complexity index is 1510. The Balaban J connectivity index is 1.30. The van der Waals surface area contributed by atoms with Crippen LogP contribution in [0.4, 0.5) is 20.7 Å². The number of fused-ring (bicyclic) bond motifs is 1. The topological polar surface area (TPSA) is 75.0 Å². The van der Waals surface area contributed by atoms with Gasteiger partial charge in [-0.1, -0.05) is 30.8 Å². The van der Waals surface area contributed by atoms with E-state index in [0.29, 0.717) is 19.5 Å². The first-order chi connectivity index (χ1) is 18.6. The van der Waals surface area contributed by atoms with Gasteiger partial charge in [-0.05, 0) is 62.7 Å². The Labute approximate surface area is 227 Å². The van der Waals surface area contributed by atoms with E-state index in [1.54, 1.807) is 6.07 Å². The summed E-state index contributed by atoms with van der Waals surface area (Å²) in [4.78, 5) is 20.8. The third-order valence-corrected chi connectivity index (χ3v) is 6.51. The molecule has 5 rings (SSSR count). The number of carbonyl (C=O) groups excluding carboxylic acids is 1. The summed E-state index contributed by atoms with van der Waals surface area (Å²) in [6.07, 6.45) is 2.05. The van der Waals surface area contributed by atoms with Gasteiger partial charge in [0.15, 0.2) is 5.65 Å². The standard InChI is InChI=1S/C30H33FN6O2/c1-20-15-24(33-29(38)39-30(2,3)4)19-36(20)25-11-9-22(10-12-25)26-17-32-27-13-14-28(34-37(26)27)35(5)18-21-7-6-8-23(31)16-21/h6-14,16-17,24H,1,15,18-19H2,2-5H3,(H,33,38)/t24-/m0/s1. The molecule has 0 radical (unpaired) electrons. The minimum Gasteiger partial charge on any atom is -0.444 e. The molecule has 0 saturated carbocycles. The van der Waals surface area contributed by atoms with E-state index in [4.69, 9.17) is 9.84 Å². The first-order valence-electron chi connectivity index (χ1n) is 12.9. The second-order valence-electron chi connectivity index (χ2n) is 10.9. The Morgan fingerprint density at radius 1 is 1.18 bits per heavy atom. The molecule has 8 nitrogen and oxygen atoms in total. The maximum absolute atomic E-state index is 13.6. The largest absolute Gasteiger partial charge is 0.444 e. The van der Waals surface area contributed by atoms with Crippen LogP contribution in [0.5, 0.6) is 0 Å². The number of benzene rings is 2. The molecule has 0 aliphatic carbocycles. The Morgan fingerprint density at radius 3 is 2.67 bits per heavy atom. The molecule has 1 atom stereocenters. The molecule has 9 heteroatoms. The molecule has 2 aromatic carbocycles. The summed E-state index contributed by atoms with van der Waals surface area (Å²) in [5, 5.41) is 7.76. The molecule has 0 bridgehead atoms. The maximum atomic E-state index is 13.6. The van der Waals surface area contributed by atoms with Gasteiger partial charge in [-0.25, -0.2) is 18.7 Å². The molecule has 0 spiro atoms. The fraction of sp³-hybridized carbons (Fsp3) is 0.300. The van der Waals surface area contributed by atoms with Crippen molar-refractivity contribution < 1.29 is 13.9 Å². The van der Waals surface area contributed by atoms with Crippen molar-refractivity contribution in [3.63, 3.8) is 0 Å². The van der Waals surface area contributed by atoms with Crippen LogP contribution < -0.4 is 15.1 Å². The van der Waals surface area contributed by atoms with Gasteiger partial charge in [0.05, 0.1) is 17.9 Å². The van der Waals surface area contributed by atoms with Gasteiger partial charge in [-0.3, -0.25) is 0 Å². The van der Waals surface area contributed by atoms with E-state index in [-0.39, 0.29) is 11.9 Å². The van der Waals surface area contributed by atoms with Crippen LogP contribution in [-0.2, 0) is 11.3 Å². The molecule has 3 heterocycles. The number of anilines is 2. The van der Waals surface area contributed by atoms with Crippen molar-refractivity contribution in [1.82, 2.24) is 19.9 Å². The summed E-state index contributed by atoms with van der Waals surface area (Å²) in [6.45, 7) is 10.9. The zero-order chi connectivity index (χ0) is 27.7. The van der Waals surface area contributed by atoms with E-state index in [9.17, 15) is 9.18 Å². The van der Waals surface area contributed by atoms with Gasteiger partial charge in [0.2, 0.25) is 0 Å². The number of hydrogen-bond acceptors (Lipinski definition) is 6. The van der Waals surface area contributed by atoms with Gasteiger partial charge < -0.3 is 19.9 Å². The summed E-state index contributed by atoms with van der Waals surface area (Å²) in [5.74, 6) is 0.497. The summed E-state index contributed by atoms with van der Waals surface area (Å²) in [7, 11) is 1.93. The van der Waals surface area contributed by atoms with Crippen LogP contribution in [0.3, 0.4) is 0 Å². The predicted molar refractivity (Wildman–Crippen MR) is 151 cm³/mol. The van der Waals surface area contributed by atoms with Crippen LogP contribution in [0, 0.1) is 5.82 Å². The van der Waals surface area contributed by atoms with E-state index >= 15 is 0 Å². The molecule has 1 aliphatic heterocycles. The lowest BCUT2D eigenvalue weighted by atomic mass is 10.1. The van der Waals surface area contributed by atoms with Crippen LogP contribution in [0.15, 0.2) is 79.1 Å². The number of aromatic nitrogens is 3. The summed E-state index contributed by atoms with van der Waals surface area (Å²) < 4.78 is 20.8. The summed E-state index contributed by atoms with van der Waals surface area (Å²) in [6, 6.07) is 18.5. The summed E-state index contributed by atoms with van der Waals surface area (Å²) in [5.41, 5.74) is 4.83. The van der Waals surface area contributed by atoms with Crippen LogP contribution in [0.25, 0.3) is 16.9 Å². The lowest BCUT2D eigenvalue weighted by molar-refractivity contribution is 0.0509. The van der Waals surface area contributed by atoms with Gasteiger partial charge in [0, 0.05) is 43.5 Å². The van der Waals surface area contributed by atoms with Crippen molar-refractivity contribution in [1.29, 1.82) is 0 Å². The zero-order valence-electron chi connectivity index (χ0n) is 22.7. The quantitative estimate of drug-likeness (QED) is 0.342. The number of nitrogens with one attached hydrogen (secondary N) is 1. The van der Waals surface area contributed by atoms with Crippen molar-refractivity contribution in [2.45, 2.75) is 45.4 Å². The molecule has 1 N–H and O–H groups in total. The first-order valence-corrected chi connectivity index (χ1v) is 12.9. The molecular weight excluding hydrogens is 495 g/mol. The number of halogens is 1. The second kappa shape index (κ2) is 10.4. The summed E-state index contributed by atoms with van der Waals surface area (Å²) >= 11 is 0. The van der Waals surface area contributed by atoms with Crippen LogP contribution in [-0.4, -0.2) is 45.9 Å². The lowest BCUT2D eigenvalue weighted by Crippen LogP contribution is -2.40. The zero-order valence-corrected chi connectivity index (χ0v) is 22.7. The van der Waals surface area contributed by atoms with E-state index in [1.165, 1.54) is 12.1 Å². The fourth-order valence-electron chi connectivity index (χ4n) is 4.73. The smallest absolute Gasteiger partial charge is 0.407 e. The van der Waals surface area contributed by atoms with Crippen molar-refractivity contribution in [2.75, 3.05) is 23.4 Å². The van der Waals surface area contributed by atoms with Crippen molar-refractivity contribution >= 4 is 23.2 Å². The minimum absolute atomic E-state index is 0.0715. The fourth-order valence-corrected chi connectivity index (χ4v) is 4.73. The number of nitrogens with zero attached hydrogens (tertiary/aromatic N) is 5. The molecule has 1 fully saturated rings. The molecule has 1 saturated heterocycles. The third-order valence-electron chi connectivity index (χ3n) is 6.51. The van der Waals surface area contributed by atoms with E-state index < -0.39 is 11.7 Å². The molecular formula is C30H33FN6O2. The van der Waals surface area contributed by atoms with Gasteiger partial charge in [0.1, 0.15) is 17.2 Å². The SMILES string of the molecule is C=C1C[C@H](NC(=O)OC(C)(C)C)CN1c1ccc(-c2cnc3ccc(N(C)Cc4cccc(F)c4)nn23)cc1. The van der Waals surface area contributed by atoms with Crippen molar-refractivity contribution in [2.24, 2.45) is 0 Å². The lowest BCUT2D eigenvalue weighted by Gasteiger charge is -2.22. The van der Waals surface area contributed by atoms with E-state index in [2.05, 4.69) is 21.8 Å². The van der Waals surface area contributed by atoms with E-state index in [1.807, 2.05) is 85.9 Å². The van der Waals surface area contributed by atoms with Crippen molar-refractivity contribution in [3.05, 3.63) is 90.5 Å². The third kappa shape index (κ3) is 6.03. The molecule has 0 unspecified atom stereocenters. The highest BCUT2D eigenvalue weighted by atomic mass is 19.1. The van der Waals surface area contributed by atoms with Crippen molar-refractivity contribution in [3.8, 4) is 11.3 Å². The molecule has 39 heavy (non-hydrogen) atoms. The number of imidazole rings is 1. The normalized spacial score (nSPS) is 15.6. The van der Waals surface area contributed by atoms with Gasteiger partial charge >= 0.3 is 6.09 Å². The second-order valence-corrected chi connectivity index (χ2v) is 10.9. The molecule has 1 aliphatic rings. The Kier molecular flexibility index (Phi) is 6.99. The van der Waals surface area contributed by atoms with Crippen LogP contribution in [0.1, 0.15) is 32.8 Å². The van der Waals surface area contributed by atoms with Gasteiger partial charge in [-0.15, -0.1) is 5.10 Å².